The van der Waals surface area contributed by atoms with E-state index < -0.39 is 24.0 Å². The van der Waals surface area contributed by atoms with Crippen LogP contribution in [-0.2, 0) is 15.3 Å². The first-order valence-corrected chi connectivity index (χ1v) is 12.2. The Hall–Kier alpha value is -2.39. The number of hydrogen-bond donors (Lipinski definition) is 2. The third-order valence-corrected chi connectivity index (χ3v) is 6.84. The van der Waals surface area contributed by atoms with Gasteiger partial charge in [-0.15, -0.1) is 23.1 Å². The van der Waals surface area contributed by atoms with Crippen LogP contribution in [0.2, 0.25) is 0 Å². The number of aryl methyl sites for hydroxylation is 1. The Bertz CT molecular complexity index is 908. The maximum Gasteiger partial charge on any atom is 0.338 e. The molecule has 0 bridgehead atoms. The van der Waals surface area contributed by atoms with E-state index in [9.17, 15) is 14.4 Å². The summed E-state index contributed by atoms with van der Waals surface area (Å²) in [5, 5.41) is 8.13. The number of imide groups is 1. The van der Waals surface area contributed by atoms with Gasteiger partial charge in [0, 0.05) is 22.1 Å². The molecule has 166 valence electrons. The summed E-state index contributed by atoms with van der Waals surface area (Å²) in [7, 11) is 0. The molecule has 1 unspecified atom stereocenters. The standard InChI is InChI=1S/C22H27N3O4S2/c1-14(20(26)25-22(28)24-17-6-4-3-5-7-17)29-21(27)16-8-10-19(11-9-16)31-13-18-12-30-15(2)23-18/h8-12,14,17H,3-7,13H2,1-2H3,(H2,24,25,26,28). The highest BCUT2D eigenvalue weighted by Gasteiger charge is 2.22. The first-order chi connectivity index (χ1) is 14.9. The number of thiazole rings is 1. The summed E-state index contributed by atoms with van der Waals surface area (Å²) >= 11 is 3.25. The maximum absolute atomic E-state index is 12.3. The highest BCUT2D eigenvalue weighted by molar-refractivity contribution is 7.98. The molecule has 0 saturated heterocycles. The van der Waals surface area contributed by atoms with E-state index in [0.29, 0.717) is 5.56 Å². The quantitative estimate of drug-likeness (QED) is 0.467. The van der Waals surface area contributed by atoms with E-state index in [1.165, 1.54) is 13.3 Å². The summed E-state index contributed by atoms with van der Waals surface area (Å²) < 4.78 is 5.21. The summed E-state index contributed by atoms with van der Waals surface area (Å²) in [4.78, 5) is 42.0. The third-order valence-electron chi connectivity index (χ3n) is 4.97. The smallest absolute Gasteiger partial charge is 0.338 e. The number of thioether (sulfide) groups is 1. The molecule has 7 nitrogen and oxygen atoms in total. The van der Waals surface area contributed by atoms with Crippen molar-refractivity contribution in [2.24, 2.45) is 0 Å². The highest BCUT2D eigenvalue weighted by Crippen LogP contribution is 2.24. The minimum Gasteiger partial charge on any atom is -0.449 e. The number of ether oxygens (including phenoxy) is 1. The molecule has 3 rings (SSSR count). The van der Waals surface area contributed by atoms with Crippen LogP contribution < -0.4 is 10.6 Å². The van der Waals surface area contributed by atoms with E-state index >= 15 is 0 Å². The fraction of sp³-hybridized carbons (Fsp3) is 0.455. The Labute approximate surface area is 190 Å². The molecular weight excluding hydrogens is 434 g/mol. The number of benzene rings is 1. The molecule has 1 aromatic heterocycles. The number of amides is 3. The SMILES string of the molecule is Cc1nc(CSc2ccc(C(=O)OC(C)C(=O)NC(=O)NC3CCCCC3)cc2)cs1. The van der Waals surface area contributed by atoms with Gasteiger partial charge >= 0.3 is 12.0 Å². The Morgan fingerprint density at radius 3 is 2.55 bits per heavy atom. The second-order valence-electron chi connectivity index (χ2n) is 7.52. The molecule has 1 saturated carbocycles. The van der Waals surface area contributed by atoms with E-state index in [1.807, 2.05) is 24.4 Å². The van der Waals surface area contributed by atoms with Gasteiger partial charge in [0.2, 0.25) is 0 Å². The van der Waals surface area contributed by atoms with Gasteiger partial charge in [-0.3, -0.25) is 10.1 Å². The zero-order valence-corrected chi connectivity index (χ0v) is 19.3. The second-order valence-corrected chi connectivity index (χ2v) is 9.63. The number of urea groups is 1. The first-order valence-electron chi connectivity index (χ1n) is 10.4. The van der Waals surface area contributed by atoms with Crippen LogP contribution in [0.3, 0.4) is 0 Å². The molecule has 9 heteroatoms. The highest BCUT2D eigenvalue weighted by atomic mass is 32.2. The van der Waals surface area contributed by atoms with Gasteiger partial charge < -0.3 is 10.1 Å². The van der Waals surface area contributed by atoms with Gasteiger partial charge in [0.1, 0.15) is 0 Å². The number of carbonyl (C=O) groups is 3. The molecule has 0 aliphatic heterocycles. The summed E-state index contributed by atoms with van der Waals surface area (Å²) in [6, 6.07) is 6.55. The maximum atomic E-state index is 12.3. The second kappa shape index (κ2) is 11.3. The third kappa shape index (κ3) is 7.36. The van der Waals surface area contributed by atoms with E-state index in [-0.39, 0.29) is 6.04 Å². The van der Waals surface area contributed by atoms with Crippen LogP contribution in [0, 0.1) is 6.92 Å². The molecule has 0 radical (unpaired) electrons. The molecule has 1 fully saturated rings. The van der Waals surface area contributed by atoms with Crippen LogP contribution in [0.4, 0.5) is 4.79 Å². The van der Waals surface area contributed by atoms with Gasteiger partial charge in [-0.25, -0.2) is 14.6 Å². The number of hydrogen-bond acceptors (Lipinski definition) is 7. The Balaban J connectivity index is 1.43. The van der Waals surface area contributed by atoms with E-state index in [1.54, 1.807) is 35.2 Å². The topological polar surface area (TPSA) is 97.4 Å². The lowest BCUT2D eigenvalue weighted by atomic mass is 9.96. The number of nitrogens with one attached hydrogen (secondary N) is 2. The van der Waals surface area contributed by atoms with Crippen LogP contribution in [-0.4, -0.2) is 35.0 Å². The largest absolute Gasteiger partial charge is 0.449 e. The number of esters is 1. The van der Waals surface area contributed by atoms with Crippen LogP contribution in [0.15, 0.2) is 34.5 Å². The first kappa shape index (κ1) is 23.3. The van der Waals surface area contributed by atoms with Crippen molar-refractivity contribution >= 4 is 41.0 Å². The molecule has 0 spiro atoms. The number of rotatable bonds is 7. The van der Waals surface area contributed by atoms with Gasteiger partial charge in [-0.2, -0.15) is 0 Å². The van der Waals surface area contributed by atoms with Crippen molar-refractivity contribution in [1.82, 2.24) is 15.6 Å². The van der Waals surface area contributed by atoms with Gasteiger partial charge in [-0.1, -0.05) is 19.3 Å². The van der Waals surface area contributed by atoms with E-state index in [2.05, 4.69) is 15.6 Å². The fourth-order valence-electron chi connectivity index (χ4n) is 3.28. The number of aromatic nitrogens is 1. The van der Waals surface area contributed by atoms with Crippen molar-refractivity contribution in [1.29, 1.82) is 0 Å². The summed E-state index contributed by atoms with van der Waals surface area (Å²) in [6.45, 7) is 3.42. The van der Waals surface area contributed by atoms with Crippen molar-refractivity contribution < 1.29 is 19.1 Å². The van der Waals surface area contributed by atoms with Crippen molar-refractivity contribution in [3.05, 3.63) is 45.9 Å². The van der Waals surface area contributed by atoms with E-state index in [0.717, 1.165) is 47.0 Å². The Morgan fingerprint density at radius 1 is 1.19 bits per heavy atom. The minimum atomic E-state index is -1.08. The summed E-state index contributed by atoms with van der Waals surface area (Å²) in [6.07, 6.45) is 4.10. The summed E-state index contributed by atoms with van der Waals surface area (Å²) in [5.74, 6) is -0.497. The molecular formula is C22H27N3O4S2. The van der Waals surface area contributed by atoms with Crippen molar-refractivity contribution in [3.8, 4) is 0 Å². The normalized spacial score (nSPS) is 15.2. The summed E-state index contributed by atoms with van der Waals surface area (Å²) in [5.41, 5.74) is 1.38. The lowest BCUT2D eigenvalue weighted by molar-refractivity contribution is -0.127. The van der Waals surface area contributed by atoms with Gasteiger partial charge in [-0.05, 0) is 51.0 Å². The zero-order chi connectivity index (χ0) is 22.2. The van der Waals surface area contributed by atoms with Crippen molar-refractivity contribution in [2.45, 2.75) is 68.7 Å². The van der Waals surface area contributed by atoms with Crippen LogP contribution in [0.5, 0.6) is 0 Å². The molecule has 31 heavy (non-hydrogen) atoms. The molecule has 2 N–H and O–H groups in total. The lowest BCUT2D eigenvalue weighted by Crippen LogP contribution is -2.48. The number of carbonyl (C=O) groups excluding carboxylic acids is 3. The van der Waals surface area contributed by atoms with Gasteiger partial charge in [0.15, 0.2) is 6.10 Å². The molecule has 1 heterocycles. The van der Waals surface area contributed by atoms with Crippen LogP contribution in [0.25, 0.3) is 0 Å². The lowest BCUT2D eigenvalue weighted by Gasteiger charge is -2.23. The molecule has 1 aliphatic rings. The molecule has 2 aromatic rings. The van der Waals surface area contributed by atoms with Crippen LogP contribution >= 0.6 is 23.1 Å². The van der Waals surface area contributed by atoms with Crippen LogP contribution in [0.1, 0.15) is 60.1 Å². The average molecular weight is 462 g/mol. The minimum absolute atomic E-state index is 0.0929. The predicted molar refractivity (Wildman–Crippen MR) is 121 cm³/mol. The van der Waals surface area contributed by atoms with Crippen molar-refractivity contribution in [2.75, 3.05) is 0 Å². The Morgan fingerprint density at radius 2 is 1.90 bits per heavy atom. The monoisotopic (exact) mass is 461 g/mol. The molecule has 1 aromatic carbocycles. The Kier molecular flexibility index (Phi) is 8.48. The molecule has 1 atom stereocenters. The zero-order valence-electron chi connectivity index (χ0n) is 17.7. The number of nitrogens with zero attached hydrogens (tertiary/aromatic N) is 1. The predicted octanol–water partition coefficient (Wildman–Crippen LogP) is 4.45. The van der Waals surface area contributed by atoms with Gasteiger partial charge in [0.25, 0.3) is 5.91 Å². The van der Waals surface area contributed by atoms with E-state index in [4.69, 9.17) is 4.74 Å². The van der Waals surface area contributed by atoms with Gasteiger partial charge in [0.05, 0.1) is 16.3 Å². The average Bonchev–Trinajstić information content (AvgIpc) is 3.18. The molecule has 1 aliphatic carbocycles. The fourth-order valence-corrected chi connectivity index (χ4v) is 4.79. The van der Waals surface area contributed by atoms with Crippen molar-refractivity contribution in [3.63, 3.8) is 0 Å². The molecule has 3 amide bonds.